The van der Waals surface area contributed by atoms with Gasteiger partial charge in [0.25, 0.3) is 0 Å². The number of aromatic nitrogens is 2. The SMILES string of the molecule is CC(NC(=O)CC1(O)CCCC1)c1cnn(C)c1. The summed E-state index contributed by atoms with van der Waals surface area (Å²) >= 11 is 0. The topological polar surface area (TPSA) is 67.2 Å². The van der Waals surface area contributed by atoms with E-state index in [2.05, 4.69) is 10.4 Å². The maximum atomic E-state index is 11.9. The molecule has 100 valence electrons. The molecule has 1 heterocycles. The number of carbonyl (C=O) groups excluding carboxylic acids is 1. The number of nitrogens with zero attached hydrogens (tertiary/aromatic N) is 2. The predicted octanol–water partition coefficient (Wildman–Crippen LogP) is 1.29. The predicted molar refractivity (Wildman–Crippen MR) is 67.8 cm³/mol. The van der Waals surface area contributed by atoms with E-state index < -0.39 is 5.60 Å². The third kappa shape index (κ3) is 3.10. The molecule has 0 bridgehead atoms. The zero-order valence-corrected chi connectivity index (χ0v) is 11.0. The Hall–Kier alpha value is -1.36. The monoisotopic (exact) mass is 251 g/mol. The molecule has 1 amide bonds. The molecule has 0 spiro atoms. The third-order valence-corrected chi connectivity index (χ3v) is 3.63. The first-order valence-electron chi connectivity index (χ1n) is 6.49. The number of amides is 1. The number of carbonyl (C=O) groups is 1. The zero-order chi connectivity index (χ0) is 13.2. The number of hydrogen-bond acceptors (Lipinski definition) is 3. The minimum atomic E-state index is -0.779. The molecule has 0 radical (unpaired) electrons. The highest BCUT2D eigenvalue weighted by Crippen LogP contribution is 2.32. The molecule has 1 fully saturated rings. The second kappa shape index (κ2) is 5.10. The lowest BCUT2D eigenvalue weighted by molar-refractivity contribution is -0.126. The first-order valence-corrected chi connectivity index (χ1v) is 6.49. The average Bonchev–Trinajstić information content (AvgIpc) is 2.87. The maximum absolute atomic E-state index is 11.9. The summed E-state index contributed by atoms with van der Waals surface area (Å²) in [6, 6.07) is -0.0730. The van der Waals surface area contributed by atoms with Crippen LogP contribution < -0.4 is 5.32 Å². The van der Waals surface area contributed by atoms with Crippen LogP contribution in [-0.2, 0) is 11.8 Å². The molecule has 1 aromatic heterocycles. The number of hydrogen-bond donors (Lipinski definition) is 2. The van der Waals surface area contributed by atoms with Crippen molar-refractivity contribution in [3.05, 3.63) is 18.0 Å². The Morgan fingerprint density at radius 1 is 1.61 bits per heavy atom. The summed E-state index contributed by atoms with van der Waals surface area (Å²) in [5, 5.41) is 17.2. The molecule has 2 N–H and O–H groups in total. The van der Waals surface area contributed by atoms with Gasteiger partial charge >= 0.3 is 0 Å². The van der Waals surface area contributed by atoms with Crippen molar-refractivity contribution in [2.45, 2.75) is 50.7 Å². The van der Waals surface area contributed by atoms with Gasteiger partial charge in [0.05, 0.1) is 24.3 Å². The van der Waals surface area contributed by atoms with Crippen LogP contribution >= 0.6 is 0 Å². The van der Waals surface area contributed by atoms with Gasteiger partial charge < -0.3 is 10.4 Å². The van der Waals surface area contributed by atoms with Crippen LogP contribution in [0.2, 0.25) is 0 Å². The second-order valence-corrected chi connectivity index (χ2v) is 5.34. The summed E-state index contributed by atoms with van der Waals surface area (Å²) in [5.41, 5.74) is 0.197. The van der Waals surface area contributed by atoms with Gasteiger partial charge in [-0.1, -0.05) is 12.8 Å². The van der Waals surface area contributed by atoms with Gasteiger partial charge in [-0.25, -0.2) is 0 Å². The van der Waals surface area contributed by atoms with Crippen LogP contribution in [0.4, 0.5) is 0 Å². The molecule has 2 rings (SSSR count). The summed E-state index contributed by atoms with van der Waals surface area (Å²) < 4.78 is 1.71. The molecular weight excluding hydrogens is 230 g/mol. The molecule has 1 aliphatic carbocycles. The lowest BCUT2D eigenvalue weighted by atomic mass is 9.97. The fourth-order valence-corrected chi connectivity index (χ4v) is 2.55. The maximum Gasteiger partial charge on any atom is 0.223 e. The molecule has 5 heteroatoms. The van der Waals surface area contributed by atoms with Gasteiger partial charge in [0, 0.05) is 18.8 Å². The second-order valence-electron chi connectivity index (χ2n) is 5.34. The van der Waals surface area contributed by atoms with E-state index in [0.29, 0.717) is 0 Å². The Morgan fingerprint density at radius 3 is 2.83 bits per heavy atom. The van der Waals surface area contributed by atoms with Crippen molar-refractivity contribution < 1.29 is 9.90 Å². The Bertz CT molecular complexity index is 422. The Labute approximate surface area is 107 Å². The number of aryl methyl sites for hydroxylation is 1. The summed E-state index contributed by atoms with van der Waals surface area (Å²) in [5.74, 6) is -0.0873. The highest BCUT2D eigenvalue weighted by Gasteiger charge is 2.33. The Kier molecular flexibility index (Phi) is 3.71. The van der Waals surface area contributed by atoms with E-state index in [1.807, 2.05) is 20.2 Å². The van der Waals surface area contributed by atoms with Gasteiger partial charge in [-0.15, -0.1) is 0 Å². The molecule has 1 aromatic rings. The summed E-state index contributed by atoms with van der Waals surface area (Å²) in [6.45, 7) is 1.92. The molecular formula is C13H21N3O2. The van der Waals surface area contributed by atoms with E-state index in [1.165, 1.54) is 0 Å². The van der Waals surface area contributed by atoms with Gasteiger partial charge in [0.1, 0.15) is 0 Å². The van der Waals surface area contributed by atoms with Gasteiger partial charge in [-0.05, 0) is 19.8 Å². The minimum absolute atomic E-state index is 0.0730. The molecule has 1 aliphatic rings. The first kappa shape index (κ1) is 13.1. The van der Waals surface area contributed by atoms with Crippen LogP contribution in [0.25, 0.3) is 0 Å². The number of aliphatic hydroxyl groups is 1. The zero-order valence-electron chi connectivity index (χ0n) is 11.0. The highest BCUT2D eigenvalue weighted by atomic mass is 16.3. The molecule has 1 atom stereocenters. The average molecular weight is 251 g/mol. The third-order valence-electron chi connectivity index (χ3n) is 3.63. The largest absolute Gasteiger partial charge is 0.389 e. The van der Waals surface area contributed by atoms with Gasteiger partial charge in [0.2, 0.25) is 5.91 Å². The lowest BCUT2D eigenvalue weighted by Crippen LogP contribution is -2.35. The van der Waals surface area contributed by atoms with E-state index in [0.717, 1.165) is 31.2 Å². The Balaban J connectivity index is 1.87. The minimum Gasteiger partial charge on any atom is -0.389 e. The van der Waals surface area contributed by atoms with Crippen LogP contribution in [-0.4, -0.2) is 26.4 Å². The molecule has 1 saturated carbocycles. The van der Waals surface area contributed by atoms with Crippen molar-refractivity contribution >= 4 is 5.91 Å². The van der Waals surface area contributed by atoms with Crippen LogP contribution in [0.1, 0.15) is 50.6 Å². The van der Waals surface area contributed by atoms with E-state index in [1.54, 1.807) is 10.9 Å². The van der Waals surface area contributed by atoms with Crippen molar-refractivity contribution in [3.8, 4) is 0 Å². The van der Waals surface area contributed by atoms with Crippen LogP contribution in [0, 0.1) is 0 Å². The summed E-state index contributed by atoms with van der Waals surface area (Å²) in [4.78, 5) is 11.9. The summed E-state index contributed by atoms with van der Waals surface area (Å²) in [6.07, 6.45) is 7.34. The molecule has 0 aromatic carbocycles. The van der Waals surface area contributed by atoms with Crippen molar-refractivity contribution in [1.82, 2.24) is 15.1 Å². The first-order chi connectivity index (χ1) is 8.48. The van der Waals surface area contributed by atoms with E-state index in [4.69, 9.17) is 0 Å². The molecule has 0 aliphatic heterocycles. The van der Waals surface area contributed by atoms with Crippen LogP contribution in [0.3, 0.4) is 0 Å². The van der Waals surface area contributed by atoms with Crippen molar-refractivity contribution in [3.63, 3.8) is 0 Å². The molecule has 1 unspecified atom stereocenters. The fourth-order valence-electron chi connectivity index (χ4n) is 2.55. The van der Waals surface area contributed by atoms with Gasteiger partial charge in [-0.2, -0.15) is 5.10 Å². The normalized spacial score (nSPS) is 19.7. The Morgan fingerprint density at radius 2 is 2.28 bits per heavy atom. The quantitative estimate of drug-likeness (QED) is 0.847. The van der Waals surface area contributed by atoms with Crippen LogP contribution in [0.15, 0.2) is 12.4 Å². The highest BCUT2D eigenvalue weighted by molar-refractivity contribution is 5.77. The van der Waals surface area contributed by atoms with Crippen molar-refractivity contribution in [1.29, 1.82) is 0 Å². The van der Waals surface area contributed by atoms with E-state index >= 15 is 0 Å². The molecule has 0 saturated heterocycles. The molecule has 18 heavy (non-hydrogen) atoms. The summed E-state index contributed by atoms with van der Waals surface area (Å²) in [7, 11) is 1.85. The van der Waals surface area contributed by atoms with E-state index in [9.17, 15) is 9.90 Å². The number of nitrogens with one attached hydrogen (secondary N) is 1. The fraction of sp³-hybridized carbons (Fsp3) is 0.692. The van der Waals surface area contributed by atoms with Gasteiger partial charge in [-0.3, -0.25) is 9.48 Å². The van der Waals surface area contributed by atoms with Crippen molar-refractivity contribution in [2.24, 2.45) is 7.05 Å². The van der Waals surface area contributed by atoms with E-state index in [-0.39, 0.29) is 18.4 Å². The standard InChI is InChI=1S/C13H21N3O2/c1-10(11-8-14-16(2)9-11)15-12(17)7-13(18)5-3-4-6-13/h8-10,18H,3-7H2,1-2H3,(H,15,17). The lowest BCUT2D eigenvalue weighted by Gasteiger charge is -2.22. The van der Waals surface area contributed by atoms with Gasteiger partial charge in [0.15, 0.2) is 0 Å². The van der Waals surface area contributed by atoms with Crippen molar-refractivity contribution in [2.75, 3.05) is 0 Å². The number of rotatable bonds is 4. The van der Waals surface area contributed by atoms with Crippen LogP contribution in [0.5, 0.6) is 0 Å². The molecule has 5 nitrogen and oxygen atoms in total. The smallest absolute Gasteiger partial charge is 0.223 e.